The van der Waals surface area contributed by atoms with Gasteiger partial charge in [0.1, 0.15) is 28.2 Å². The van der Waals surface area contributed by atoms with Crippen molar-refractivity contribution in [2.24, 2.45) is 0 Å². The summed E-state index contributed by atoms with van der Waals surface area (Å²) in [4.78, 5) is 52.5. The average Bonchev–Trinajstić information content (AvgIpc) is 2.80. The number of anilines is 1. The number of aliphatic hydroxyl groups is 1. The molecule has 1 aromatic carbocycles. The van der Waals surface area contributed by atoms with Crippen molar-refractivity contribution in [3.05, 3.63) is 59.3 Å². The molecule has 0 atom stereocenters. The molecule has 0 aliphatic carbocycles. The summed E-state index contributed by atoms with van der Waals surface area (Å²) in [5.74, 6) is -1.82. The Bertz CT molecular complexity index is 1340. The number of carbonyl (C=O) groups excluding carboxylic acids is 3. The Kier molecular flexibility index (Phi) is 8.41. The van der Waals surface area contributed by atoms with Gasteiger partial charge in [-0.1, -0.05) is 18.2 Å². The van der Waals surface area contributed by atoms with Gasteiger partial charge in [-0.25, -0.2) is 23.9 Å². The van der Waals surface area contributed by atoms with Gasteiger partial charge in [0, 0.05) is 17.5 Å². The summed E-state index contributed by atoms with van der Waals surface area (Å²) in [7, 11) is 0. The minimum Gasteiger partial charge on any atom is -0.443 e. The van der Waals surface area contributed by atoms with Gasteiger partial charge in [0.15, 0.2) is 5.78 Å². The second kappa shape index (κ2) is 11.2. The quantitative estimate of drug-likeness (QED) is 0.433. The van der Waals surface area contributed by atoms with E-state index in [-0.39, 0.29) is 36.0 Å². The molecule has 2 amide bonds. The number of imide groups is 1. The maximum Gasteiger partial charge on any atom is 0.427 e. The number of halogens is 1. The highest BCUT2D eigenvalue weighted by Crippen LogP contribution is 2.26. The highest BCUT2D eigenvalue weighted by Gasteiger charge is 2.35. The van der Waals surface area contributed by atoms with Gasteiger partial charge in [-0.15, -0.1) is 4.90 Å². The minimum atomic E-state index is -1.15. The van der Waals surface area contributed by atoms with Gasteiger partial charge in [0.2, 0.25) is 5.95 Å². The molecule has 0 saturated carbocycles. The predicted molar refractivity (Wildman–Crippen MR) is 137 cm³/mol. The van der Waals surface area contributed by atoms with E-state index >= 15 is 0 Å². The number of aliphatic hydroxyl groups excluding tert-OH is 1. The second-order valence-electron chi connectivity index (χ2n) is 10.5. The number of Topliss-reactive ketones (excluding diaryl/α,β-unsaturated/α-hetero) is 1. The first-order valence-corrected chi connectivity index (χ1v) is 12.0. The van der Waals surface area contributed by atoms with Crippen LogP contribution in [0, 0.1) is 5.82 Å². The van der Waals surface area contributed by atoms with Crippen molar-refractivity contribution in [1.29, 1.82) is 0 Å². The van der Waals surface area contributed by atoms with Gasteiger partial charge < -0.3 is 14.6 Å². The number of aromatic nitrogens is 3. The largest absolute Gasteiger partial charge is 0.443 e. The lowest BCUT2D eigenvalue weighted by Gasteiger charge is -2.27. The number of rotatable bonds is 6. The van der Waals surface area contributed by atoms with Crippen LogP contribution in [-0.2, 0) is 22.5 Å². The van der Waals surface area contributed by atoms with Crippen molar-refractivity contribution in [3.8, 4) is 0 Å². The Labute approximate surface area is 219 Å². The molecule has 3 rings (SSSR count). The van der Waals surface area contributed by atoms with Crippen LogP contribution in [0.3, 0.4) is 0 Å². The van der Waals surface area contributed by atoms with E-state index in [0.29, 0.717) is 16.3 Å². The molecule has 202 valence electrons. The standard InChI is InChI=1S/C27H31FN4O6/c1-26(2,3)37-24(35)32(25(36)38-27(4,5)6)23-30-21-18(11-8-12-19(21)28)22(31-23)20(34)14-13-16-9-7-10-17(15-33)29-16/h7-12,33H,13-15H2,1-6H3. The van der Waals surface area contributed by atoms with E-state index < -0.39 is 40.9 Å². The van der Waals surface area contributed by atoms with E-state index in [9.17, 15) is 23.9 Å². The van der Waals surface area contributed by atoms with Crippen molar-refractivity contribution in [3.63, 3.8) is 0 Å². The molecular formula is C27H31FN4O6. The van der Waals surface area contributed by atoms with E-state index in [0.717, 1.165) is 6.07 Å². The lowest BCUT2D eigenvalue weighted by molar-refractivity contribution is 0.0426. The molecule has 0 saturated heterocycles. The van der Waals surface area contributed by atoms with E-state index in [1.165, 1.54) is 12.1 Å². The maximum atomic E-state index is 14.9. The minimum absolute atomic E-state index is 0.0666. The summed E-state index contributed by atoms with van der Waals surface area (Å²) in [6, 6.07) is 9.10. The SMILES string of the molecule is CC(C)(C)OC(=O)N(C(=O)OC(C)(C)C)c1nc(C(=O)CCc2cccc(CO)n2)c2cccc(F)c2n1. The third kappa shape index (κ3) is 7.28. The number of hydrogen-bond donors (Lipinski definition) is 1. The first-order valence-electron chi connectivity index (χ1n) is 12.0. The van der Waals surface area contributed by atoms with Crippen molar-refractivity contribution in [2.45, 2.75) is 72.2 Å². The van der Waals surface area contributed by atoms with Gasteiger partial charge in [-0.3, -0.25) is 9.78 Å². The molecule has 0 aliphatic heterocycles. The van der Waals surface area contributed by atoms with E-state index in [1.807, 2.05) is 0 Å². The Balaban J connectivity index is 2.09. The molecule has 11 heteroatoms. The van der Waals surface area contributed by atoms with E-state index in [2.05, 4.69) is 15.0 Å². The van der Waals surface area contributed by atoms with Crippen LogP contribution in [0.25, 0.3) is 10.9 Å². The number of benzene rings is 1. The fourth-order valence-electron chi connectivity index (χ4n) is 3.39. The third-order valence-corrected chi connectivity index (χ3v) is 4.92. The Hall–Kier alpha value is -3.99. The first kappa shape index (κ1) is 28.6. The zero-order valence-electron chi connectivity index (χ0n) is 22.2. The molecule has 0 aliphatic rings. The van der Waals surface area contributed by atoms with Crippen molar-refractivity contribution in [1.82, 2.24) is 15.0 Å². The van der Waals surface area contributed by atoms with E-state index in [1.54, 1.807) is 59.7 Å². The number of para-hydroxylation sites is 1. The Morgan fingerprint density at radius 2 is 1.45 bits per heavy atom. The summed E-state index contributed by atoms with van der Waals surface area (Å²) in [5.41, 5.74) is -1.39. The second-order valence-corrected chi connectivity index (χ2v) is 10.5. The Morgan fingerprint density at radius 1 is 0.868 bits per heavy atom. The average molecular weight is 527 g/mol. The third-order valence-electron chi connectivity index (χ3n) is 4.92. The number of pyridine rings is 1. The number of hydrogen-bond acceptors (Lipinski definition) is 9. The number of ketones is 1. The zero-order valence-corrected chi connectivity index (χ0v) is 22.2. The van der Waals surface area contributed by atoms with Gasteiger partial charge in [-0.2, -0.15) is 0 Å². The van der Waals surface area contributed by atoms with Crippen LogP contribution >= 0.6 is 0 Å². The van der Waals surface area contributed by atoms with Gasteiger partial charge in [0.05, 0.1) is 12.3 Å². The lowest BCUT2D eigenvalue weighted by Crippen LogP contribution is -2.44. The molecular weight excluding hydrogens is 495 g/mol. The summed E-state index contributed by atoms with van der Waals surface area (Å²) >= 11 is 0. The van der Waals surface area contributed by atoms with Crippen molar-refractivity contribution < 1.29 is 33.4 Å². The number of carbonyl (C=O) groups is 3. The number of aryl methyl sites for hydroxylation is 1. The van der Waals surface area contributed by atoms with Gasteiger partial charge in [0.25, 0.3) is 0 Å². The van der Waals surface area contributed by atoms with Gasteiger partial charge >= 0.3 is 12.2 Å². The van der Waals surface area contributed by atoms with Crippen LogP contribution in [-0.4, -0.2) is 49.2 Å². The fraction of sp³-hybridized carbons (Fsp3) is 0.407. The molecule has 2 heterocycles. The monoisotopic (exact) mass is 526 g/mol. The van der Waals surface area contributed by atoms with Crippen LogP contribution in [0.4, 0.5) is 19.9 Å². The predicted octanol–water partition coefficient (Wildman–Crippen LogP) is 5.15. The summed E-state index contributed by atoms with van der Waals surface area (Å²) in [6.07, 6.45) is -2.15. The molecule has 1 N–H and O–H groups in total. The van der Waals surface area contributed by atoms with Crippen molar-refractivity contribution >= 4 is 34.8 Å². The van der Waals surface area contributed by atoms with Crippen LogP contribution in [0.1, 0.15) is 69.8 Å². The van der Waals surface area contributed by atoms with Crippen LogP contribution in [0.15, 0.2) is 36.4 Å². The summed E-state index contributed by atoms with van der Waals surface area (Å²) < 4.78 is 25.6. The maximum absolute atomic E-state index is 14.9. The summed E-state index contributed by atoms with van der Waals surface area (Å²) in [6.45, 7) is 9.39. The number of nitrogens with zero attached hydrogens (tertiary/aromatic N) is 4. The number of amides is 2. The van der Waals surface area contributed by atoms with Crippen LogP contribution in [0.2, 0.25) is 0 Å². The highest BCUT2D eigenvalue weighted by molar-refractivity contribution is 6.10. The molecule has 38 heavy (non-hydrogen) atoms. The number of fused-ring (bicyclic) bond motifs is 1. The summed E-state index contributed by atoms with van der Waals surface area (Å²) in [5, 5.41) is 9.43. The highest BCUT2D eigenvalue weighted by atomic mass is 19.1. The molecule has 0 unspecified atom stereocenters. The zero-order chi connectivity index (χ0) is 28.3. The molecule has 0 radical (unpaired) electrons. The molecule has 0 bridgehead atoms. The smallest absolute Gasteiger partial charge is 0.427 e. The molecule has 0 spiro atoms. The topological polar surface area (TPSA) is 132 Å². The number of ether oxygens (including phenoxy) is 2. The normalized spacial score (nSPS) is 11.8. The lowest BCUT2D eigenvalue weighted by atomic mass is 10.1. The fourth-order valence-corrected chi connectivity index (χ4v) is 3.39. The molecule has 10 nitrogen and oxygen atoms in total. The van der Waals surface area contributed by atoms with Crippen LogP contribution < -0.4 is 4.90 Å². The van der Waals surface area contributed by atoms with Gasteiger partial charge in [-0.05, 0) is 66.2 Å². The first-order chi connectivity index (χ1) is 17.7. The van der Waals surface area contributed by atoms with E-state index in [4.69, 9.17) is 9.47 Å². The van der Waals surface area contributed by atoms with Crippen molar-refractivity contribution in [2.75, 3.05) is 4.90 Å². The van der Waals surface area contributed by atoms with Crippen LogP contribution in [0.5, 0.6) is 0 Å². The Morgan fingerprint density at radius 3 is 2.03 bits per heavy atom. The molecule has 0 fully saturated rings. The molecule has 3 aromatic rings. The molecule has 2 aromatic heterocycles.